The molecule has 0 aliphatic heterocycles. The molecule has 0 spiro atoms. The molecular formula is C11H20N2O2. The van der Waals surface area contributed by atoms with E-state index >= 15 is 0 Å². The molecular weight excluding hydrogens is 192 g/mol. The van der Waals surface area contributed by atoms with Crippen LogP contribution in [0.25, 0.3) is 0 Å². The summed E-state index contributed by atoms with van der Waals surface area (Å²) in [7, 11) is 0. The first kappa shape index (κ1) is 12.2. The molecule has 86 valence electrons. The Bertz CT molecular complexity index is 297. The molecule has 0 radical (unpaired) electrons. The maximum absolute atomic E-state index is 9.89. The summed E-state index contributed by atoms with van der Waals surface area (Å²) in [6, 6.07) is 1.91. The van der Waals surface area contributed by atoms with Gasteiger partial charge in [-0.15, -0.1) is 0 Å². The van der Waals surface area contributed by atoms with Crippen LogP contribution < -0.4 is 0 Å². The summed E-state index contributed by atoms with van der Waals surface area (Å²) < 4.78 is 7.13. The molecule has 0 saturated carbocycles. The van der Waals surface area contributed by atoms with Crippen molar-refractivity contribution in [1.29, 1.82) is 0 Å². The first-order chi connectivity index (χ1) is 7.19. The van der Waals surface area contributed by atoms with Crippen molar-refractivity contribution >= 4 is 0 Å². The monoisotopic (exact) mass is 212 g/mol. The molecule has 4 heteroatoms. The number of rotatable bonds is 6. The molecule has 0 saturated heterocycles. The second kappa shape index (κ2) is 5.88. The molecule has 1 N–H and O–H groups in total. The fourth-order valence-corrected chi connectivity index (χ4v) is 1.51. The number of nitrogens with zero attached hydrogens (tertiary/aromatic N) is 2. The third-order valence-electron chi connectivity index (χ3n) is 2.20. The molecule has 0 aromatic carbocycles. The number of aromatic nitrogens is 2. The topological polar surface area (TPSA) is 47.3 Å². The van der Waals surface area contributed by atoms with Gasteiger partial charge in [0.1, 0.15) is 6.10 Å². The number of hydrogen-bond donors (Lipinski definition) is 1. The van der Waals surface area contributed by atoms with Gasteiger partial charge < -0.3 is 9.84 Å². The Morgan fingerprint density at radius 3 is 2.87 bits per heavy atom. The highest BCUT2D eigenvalue weighted by Gasteiger charge is 2.13. The van der Waals surface area contributed by atoms with E-state index in [2.05, 4.69) is 5.10 Å². The summed E-state index contributed by atoms with van der Waals surface area (Å²) in [6.07, 6.45) is 0.399. The predicted molar refractivity (Wildman–Crippen MR) is 58.7 cm³/mol. The lowest BCUT2D eigenvalue weighted by Crippen LogP contribution is -2.13. The van der Waals surface area contributed by atoms with E-state index in [0.29, 0.717) is 13.2 Å². The molecule has 0 fully saturated rings. The van der Waals surface area contributed by atoms with E-state index in [0.717, 1.165) is 24.4 Å². The molecule has 0 aliphatic carbocycles. The first-order valence-corrected chi connectivity index (χ1v) is 5.49. The number of aliphatic hydroxyl groups excluding tert-OH is 1. The fraction of sp³-hybridized carbons (Fsp3) is 0.727. The number of hydrogen-bond acceptors (Lipinski definition) is 3. The number of aliphatic hydroxyl groups is 1. The molecule has 1 heterocycles. The van der Waals surface area contributed by atoms with Crippen LogP contribution in [-0.2, 0) is 11.3 Å². The first-order valence-electron chi connectivity index (χ1n) is 5.49. The van der Waals surface area contributed by atoms with Gasteiger partial charge in [0.05, 0.1) is 18.0 Å². The summed E-state index contributed by atoms with van der Waals surface area (Å²) in [6.45, 7) is 7.79. The molecule has 1 aromatic heterocycles. The molecule has 1 aromatic rings. The minimum absolute atomic E-state index is 0.346. The zero-order chi connectivity index (χ0) is 11.3. The van der Waals surface area contributed by atoms with Crippen LogP contribution in [0.3, 0.4) is 0 Å². The molecule has 4 nitrogen and oxygen atoms in total. The van der Waals surface area contributed by atoms with Crippen molar-refractivity contribution in [2.45, 2.75) is 39.8 Å². The van der Waals surface area contributed by atoms with Crippen LogP contribution in [0.15, 0.2) is 6.07 Å². The lowest BCUT2D eigenvalue weighted by atomic mass is 10.2. The Morgan fingerprint density at radius 1 is 1.53 bits per heavy atom. The lowest BCUT2D eigenvalue weighted by Gasteiger charge is -2.12. The van der Waals surface area contributed by atoms with E-state index in [1.54, 1.807) is 0 Å². The van der Waals surface area contributed by atoms with Crippen molar-refractivity contribution < 1.29 is 9.84 Å². The van der Waals surface area contributed by atoms with Crippen LogP contribution in [-0.4, -0.2) is 28.1 Å². The van der Waals surface area contributed by atoms with Gasteiger partial charge in [-0.25, -0.2) is 0 Å². The third kappa shape index (κ3) is 3.32. The smallest absolute Gasteiger partial charge is 0.119 e. The van der Waals surface area contributed by atoms with Crippen LogP contribution in [0, 0.1) is 6.92 Å². The summed E-state index contributed by atoms with van der Waals surface area (Å²) in [5.41, 5.74) is 1.77. The van der Waals surface area contributed by atoms with Gasteiger partial charge in [-0.3, -0.25) is 4.68 Å². The molecule has 0 bridgehead atoms. The highest BCUT2D eigenvalue weighted by Crippen LogP contribution is 2.14. The third-order valence-corrected chi connectivity index (χ3v) is 2.20. The number of aryl methyl sites for hydroxylation is 2. The normalized spacial score (nSPS) is 13.1. The van der Waals surface area contributed by atoms with Gasteiger partial charge in [0.2, 0.25) is 0 Å². The standard InChI is InChI=1S/C11H20N2O2/c1-4-6-15-8-11(14)10-7-9(3)12-13(10)5-2/h7,11,14H,4-6,8H2,1-3H3. The maximum atomic E-state index is 9.89. The molecule has 1 rings (SSSR count). The van der Waals surface area contributed by atoms with Crippen molar-refractivity contribution in [3.8, 4) is 0 Å². The van der Waals surface area contributed by atoms with E-state index in [1.165, 1.54) is 0 Å². The largest absolute Gasteiger partial charge is 0.384 e. The summed E-state index contributed by atoms with van der Waals surface area (Å²) in [5.74, 6) is 0. The molecule has 0 amide bonds. The Kier molecular flexibility index (Phi) is 4.78. The van der Waals surface area contributed by atoms with Crippen LogP contribution in [0.1, 0.15) is 37.8 Å². The number of ether oxygens (including phenoxy) is 1. The Hall–Kier alpha value is -0.870. The van der Waals surface area contributed by atoms with Crippen molar-refractivity contribution in [1.82, 2.24) is 9.78 Å². The van der Waals surface area contributed by atoms with Crippen LogP contribution >= 0.6 is 0 Å². The summed E-state index contributed by atoms with van der Waals surface area (Å²) in [5, 5.41) is 14.2. The van der Waals surface area contributed by atoms with E-state index in [4.69, 9.17) is 4.74 Å². The van der Waals surface area contributed by atoms with Gasteiger partial charge in [0, 0.05) is 13.2 Å². The second-order valence-electron chi connectivity index (χ2n) is 3.62. The predicted octanol–water partition coefficient (Wildman–Crippen LogP) is 1.67. The fourth-order valence-electron chi connectivity index (χ4n) is 1.51. The average Bonchev–Trinajstić information content (AvgIpc) is 2.60. The Balaban J connectivity index is 2.59. The van der Waals surface area contributed by atoms with E-state index in [-0.39, 0.29) is 0 Å². The highest BCUT2D eigenvalue weighted by atomic mass is 16.5. The zero-order valence-corrected chi connectivity index (χ0v) is 9.73. The van der Waals surface area contributed by atoms with Crippen LogP contribution in [0.2, 0.25) is 0 Å². The zero-order valence-electron chi connectivity index (χ0n) is 9.73. The highest BCUT2D eigenvalue weighted by molar-refractivity contribution is 5.11. The molecule has 15 heavy (non-hydrogen) atoms. The SMILES string of the molecule is CCCOCC(O)c1cc(C)nn1CC. The van der Waals surface area contributed by atoms with Crippen molar-refractivity contribution in [2.24, 2.45) is 0 Å². The molecule has 1 unspecified atom stereocenters. The second-order valence-corrected chi connectivity index (χ2v) is 3.62. The Morgan fingerprint density at radius 2 is 2.27 bits per heavy atom. The van der Waals surface area contributed by atoms with Crippen molar-refractivity contribution in [3.05, 3.63) is 17.5 Å². The van der Waals surface area contributed by atoms with Gasteiger partial charge in [-0.2, -0.15) is 5.10 Å². The van der Waals surface area contributed by atoms with Crippen molar-refractivity contribution in [3.63, 3.8) is 0 Å². The summed E-state index contributed by atoms with van der Waals surface area (Å²) >= 11 is 0. The minimum Gasteiger partial charge on any atom is -0.384 e. The van der Waals surface area contributed by atoms with Crippen molar-refractivity contribution in [2.75, 3.05) is 13.2 Å². The maximum Gasteiger partial charge on any atom is 0.119 e. The summed E-state index contributed by atoms with van der Waals surface area (Å²) in [4.78, 5) is 0. The molecule has 0 aliphatic rings. The van der Waals surface area contributed by atoms with Crippen LogP contribution in [0.5, 0.6) is 0 Å². The van der Waals surface area contributed by atoms with Crippen LogP contribution in [0.4, 0.5) is 0 Å². The van der Waals surface area contributed by atoms with Gasteiger partial charge in [0.25, 0.3) is 0 Å². The quantitative estimate of drug-likeness (QED) is 0.730. The molecule has 1 atom stereocenters. The van der Waals surface area contributed by atoms with Gasteiger partial charge in [0.15, 0.2) is 0 Å². The van der Waals surface area contributed by atoms with Gasteiger partial charge in [-0.1, -0.05) is 6.92 Å². The van der Waals surface area contributed by atoms with E-state index in [1.807, 2.05) is 31.5 Å². The Labute approximate surface area is 90.9 Å². The van der Waals surface area contributed by atoms with Gasteiger partial charge >= 0.3 is 0 Å². The minimum atomic E-state index is -0.572. The van der Waals surface area contributed by atoms with E-state index < -0.39 is 6.10 Å². The van der Waals surface area contributed by atoms with Gasteiger partial charge in [-0.05, 0) is 26.3 Å². The average molecular weight is 212 g/mol. The van der Waals surface area contributed by atoms with E-state index in [9.17, 15) is 5.11 Å². The lowest BCUT2D eigenvalue weighted by molar-refractivity contribution is 0.0319.